The smallest absolute Gasteiger partial charge is 0.356 e. The van der Waals surface area contributed by atoms with Gasteiger partial charge in [-0.2, -0.15) is 0 Å². The van der Waals surface area contributed by atoms with Crippen LogP contribution in [0.5, 0.6) is 0 Å². The van der Waals surface area contributed by atoms with E-state index in [0.29, 0.717) is 28.0 Å². The van der Waals surface area contributed by atoms with Crippen LogP contribution in [-0.2, 0) is 4.74 Å². The van der Waals surface area contributed by atoms with Crippen molar-refractivity contribution in [2.45, 2.75) is 13.8 Å². The number of hydrogen-bond donors (Lipinski definition) is 1. The van der Waals surface area contributed by atoms with Gasteiger partial charge in [0.2, 0.25) is 5.78 Å². The van der Waals surface area contributed by atoms with Gasteiger partial charge in [-0.1, -0.05) is 18.2 Å². The number of esters is 1. The highest BCUT2D eigenvalue weighted by Gasteiger charge is 2.27. The number of benzene rings is 1. The molecule has 1 N–H and O–H groups in total. The van der Waals surface area contributed by atoms with Crippen LogP contribution in [-0.4, -0.2) is 39.6 Å². The molecule has 0 aliphatic heterocycles. The minimum atomic E-state index is -0.561. The SMILES string of the molecule is COC(=O)c1nc(-c2ccc3c(n2)C(=O)C(C)=CC3=O)c2[nH]c3ccccc3c2c1C. The third-order valence-electron chi connectivity index (χ3n) is 5.60. The second-order valence-electron chi connectivity index (χ2n) is 7.46. The van der Waals surface area contributed by atoms with E-state index in [1.165, 1.54) is 13.2 Å². The molecule has 152 valence electrons. The monoisotopic (exact) mass is 411 g/mol. The predicted molar refractivity (Wildman–Crippen MR) is 115 cm³/mol. The first-order valence-corrected chi connectivity index (χ1v) is 9.68. The summed E-state index contributed by atoms with van der Waals surface area (Å²) in [6.45, 7) is 3.41. The molecule has 3 aromatic heterocycles. The maximum Gasteiger partial charge on any atom is 0.356 e. The number of nitrogens with zero attached hydrogens (tertiary/aromatic N) is 2. The quantitative estimate of drug-likeness (QED) is 0.496. The minimum Gasteiger partial charge on any atom is -0.464 e. The average Bonchev–Trinajstić information content (AvgIpc) is 3.17. The molecule has 1 aliphatic rings. The number of ketones is 2. The van der Waals surface area contributed by atoms with Crippen LogP contribution in [0.15, 0.2) is 48.0 Å². The lowest BCUT2D eigenvalue weighted by Crippen LogP contribution is -2.18. The molecule has 5 rings (SSSR count). The van der Waals surface area contributed by atoms with E-state index in [2.05, 4.69) is 15.0 Å². The van der Waals surface area contributed by atoms with E-state index in [-0.39, 0.29) is 28.5 Å². The third kappa shape index (κ3) is 2.70. The van der Waals surface area contributed by atoms with Gasteiger partial charge in [0, 0.05) is 21.9 Å². The fourth-order valence-electron chi connectivity index (χ4n) is 4.05. The fourth-order valence-corrected chi connectivity index (χ4v) is 4.05. The van der Waals surface area contributed by atoms with Crippen molar-refractivity contribution < 1.29 is 19.1 Å². The topological polar surface area (TPSA) is 102 Å². The van der Waals surface area contributed by atoms with Crippen molar-refractivity contribution in [3.8, 4) is 11.4 Å². The predicted octanol–water partition coefficient (Wildman–Crippen LogP) is 4.20. The van der Waals surface area contributed by atoms with Crippen LogP contribution in [0, 0.1) is 6.92 Å². The van der Waals surface area contributed by atoms with Gasteiger partial charge >= 0.3 is 5.97 Å². The molecule has 0 saturated heterocycles. The summed E-state index contributed by atoms with van der Waals surface area (Å²) in [6.07, 6.45) is 1.32. The number of aryl methyl sites for hydroxylation is 1. The number of pyridine rings is 2. The van der Waals surface area contributed by atoms with E-state index in [9.17, 15) is 14.4 Å². The van der Waals surface area contributed by atoms with Crippen molar-refractivity contribution in [1.82, 2.24) is 15.0 Å². The van der Waals surface area contributed by atoms with Crippen molar-refractivity contribution in [2.75, 3.05) is 7.11 Å². The highest BCUT2D eigenvalue weighted by Crippen LogP contribution is 2.35. The first kappa shape index (κ1) is 18.9. The first-order valence-electron chi connectivity index (χ1n) is 9.68. The lowest BCUT2D eigenvalue weighted by Gasteiger charge is -2.14. The third-order valence-corrected chi connectivity index (χ3v) is 5.60. The fraction of sp³-hybridized carbons (Fsp3) is 0.125. The summed E-state index contributed by atoms with van der Waals surface area (Å²) >= 11 is 0. The van der Waals surface area contributed by atoms with Gasteiger partial charge in [0.05, 0.1) is 23.9 Å². The van der Waals surface area contributed by atoms with Gasteiger partial charge < -0.3 is 9.72 Å². The molecule has 31 heavy (non-hydrogen) atoms. The highest BCUT2D eigenvalue weighted by molar-refractivity contribution is 6.23. The maximum atomic E-state index is 12.6. The van der Waals surface area contributed by atoms with E-state index >= 15 is 0 Å². The number of nitrogens with one attached hydrogen (secondary N) is 1. The number of H-pyrrole nitrogens is 1. The molecule has 0 radical (unpaired) electrons. The van der Waals surface area contributed by atoms with Gasteiger partial charge in [0.15, 0.2) is 11.5 Å². The molecule has 0 fully saturated rings. The van der Waals surface area contributed by atoms with Gasteiger partial charge in [0.25, 0.3) is 0 Å². The van der Waals surface area contributed by atoms with Gasteiger partial charge in [-0.25, -0.2) is 14.8 Å². The largest absolute Gasteiger partial charge is 0.464 e. The van der Waals surface area contributed by atoms with Crippen LogP contribution >= 0.6 is 0 Å². The summed E-state index contributed by atoms with van der Waals surface area (Å²) < 4.78 is 4.94. The van der Waals surface area contributed by atoms with Gasteiger partial charge in [-0.05, 0) is 43.7 Å². The second-order valence-corrected chi connectivity index (χ2v) is 7.46. The lowest BCUT2D eigenvalue weighted by atomic mass is 9.94. The molecule has 0 bridgehead atoms. The van der Waals surface area contributed by atoms with Gasteiger partial charge in [0.1, 0.15) is 11.4 Å². The van der Waals surface area contributed by atoms with Crippen LogP contribution in [0.2, 0.25) is 0 Å². The number of carbonyl (C=O) groups is 3. The molecule has 0 amide bonds. The summed E-state index contributed by atoms with van der Waals surface area (Å²) in [5.74, 6) is -1.12. The Morgan fingerprint density at radius 2 is 1.77 bits per heavy atom. The van der Waals surface area contributed by atoms with Crippen LogP contribution in [0.4, 0.5) is 0 Å². The Balaban J connectivity index is 1.86. The summed E-state index contributed by atoms with van der Waals surface area (Å²) in [6, 6.07) is 11.0. The van der Waals surface area contributed by atoms with Gasteiger partial charge in [-0.15, -0.1) is 0 Å². The number of fused-ring (bicyclic) bond motifs is 4. The van der Waals surface area contributed by atoms with Crippen LogP contribution in [0.1, 0.15) is 43.8 Å². The van der Waals surface area contributed by atoms with Crippen LogP contribution in [0.3, 0.4) is 0 Å². The van der Waals surface area contributed by atoms with Crippen molar-refractivity contribution in [3.05, 3.63) is 70.6 Å². The number of hydrogen-bond acceptors (Lipinski definition) is 6. The molecule has 0 atom stereocenters. The number of aromatic amines is 1. The van der Waals surface area contributed by atoms with Crippen molar-refractivity contribution in [2.24, 2.45) is 0 Å². The van der Waals surface area contributed by atoms with E-state index in [0.717, 1.165) is 16.3 Å². The molecule has 7 nitrogen and oxygen atoms in total. The molecular formula is C24H17N3O4. The summed E-state index contributed by atoms with van der Waals surface area (Å²) in [4.78, 5) is 49.8. The summed E-state index contributed by atoms with van der Waals surface area (Å²) in [5.41, 5.74) is 3.92. The molecule has 0 spiro atoms. The zero-order chi connectivity index (χ0) is 21.9. The van der Waals surface area contributed by atoms with Crippen molar-refractivity contribution in [3.63, 3.8) is 0 Å². The maximum absolute atomic E-state index is 12.6. The van der Waals surface area contributed by atoms with Crippen molar-refractivity contribution in [1.29, 1.82) is 0 Å². The number of para-hydroxylation sites is 1. The Kier molecular flexibility index (Phi) is 4.08. The highest BCUT2D eigenvalue weighted by atomic mass is 16.5. The lowest BCUT2D eigenvalue weighted by molar-refractivity contribution is 0.0593. The molecule has 1 aromatic carbocycles. The number of rotatable bonds is 2. The van der Waals surface area contributed by atoms with E-state index < -0.39 is 5.97 Å². The number of ether oxygens (including phenoxy) is 1. The average molecular weight is 411 g/mol. The Labute approximate surface area is 176 Å². The van der Waals surface area contributed by atoms with E-state index in [1.54, 1.807) is 19.1 Å². The number of carbonyl (C=O) groups excluding carboxylic acids is 3. The zero-order valence-electron chi connectivity index (χ0n) is 17.1. The first-order chi connectivity index (χ1) is 14.9. The summed E-state index contributed by atoms with van der Waals surface area (Å²) in [5, 5.41) is 1.77. The zero-order valence-corrected chi connectivity index (χ0v) is 17.1. The molecular weight excluding hydrogens is 394 g/mol. The molecule has 1 aliphatic carbocycles. The number of methoxy groups -OCH3 is 1. The Morgan fingerprint density at radius 3 is 2.55 bits per heavy atom. The Morgan fingerprint density at radius 1 is 1.00 bits per heavy atom. The van der Waals surface area contributed by atoms with Crippen LogP contribution in [0.25, 0.3) is 33.2 Å². The van der Waals surface area contributed by atoms with E-state index in [4.69, 9.17) is 4.74 Å². The Hall–Kier alpha value is -4.13. The normalized spacial score (nSPS) is 13.5. The van der Waals surface area contributed by atoms with Crippen molar-refractivity contribution >= 4 is 39.3 Å². The van der Waals surface area contributed by atoms with Crippen LogP contribution < -0.4 is 0 Å². The Bertz CT molecular complexity index is 1490. The van der Waals surface area contributed by atoms with E-state index in [1.807, 2.05) is 31.2 Å². The molecule has 0 unspecified atom stereocenters. The summed E-state index contributed by atoms with van der Waals surface area (Å²) in [7, 11) is 1.30. The number of aromatic nitrogens is 3. The number of allylic oxidation sites excluding steroid dienone is 2. The van der Waals surface area contributed by atoms with Gasteiger partial charge in [-0.3, -0.25) is 9.59 Å². The second kappa shape index (κ2) is 6.70. The molecule has 3 heterocycles. The molecule has 0 saturated carbocycles. The molecule has 4 aromatic rings. The molecule has 7 heteroatoms. The number of Topliss-reactive ketones (excluding diaryl/α,β-unsaturated/α-hetero) is 1. The standard InChI is InChI=1S/C24H17N3O4/c1-11-10-17(28)14-8-9-16(26-20(14)23(11)29)21-22-18(12(2)19(27-21)24(30)31-3)13-6-4-5-7-15(13)25-22/h4-10,25H,1-3H3. The minimum absolute atomic E-state index is 0.0914.